The van der Waals surface area contributed by atoms with E-state index in [1.165, 1.54) is 46.9 Å². The van der Waals surface area contributed by atoms with Crippen molar-refractivity contribution in [3.05, 3.63) is 46.1 Å². The van der Waals surface area contributed by atoms with Crippen LogP contribution in [-0.4, -0.2) is 16.6 Å². The molecule has 0 fully saturated rings. The lowest BCUT2D eigenvalue weighted by Gasteiger charge is -2.08. The van der Waals surface area contributed by atoms with Crippen molar-refractivity contribution >= 4 is 33.0 Å². The minimum Gasteiger partial charge on any atom is -0.357 e. The van der Waals surface area contributed by atoms with Crippen molar-refractivity contribution in [1.82, 2.24) is 4.98 Å². The van der Waals surface area contributed by atoms with Gasteiger partial charge in [0, 0.05) is 10.4 Å². The fourth-order valence-electron chi connectivity index (χ4n) is 4.78. The number of nitrogens with one attached hydrogen (secondary N) is 1. The first-order chi connectivity index (χ1) is 14.4. The highest BCUT2D eigenvalue weighted by Gasteiger charge is 2.42. The summed E-state index contributed by atoms with van der Waals surface area (Å²) in [6.07, 6.45) is 7.68. The van der Waals surface area contributed by atoms with E-state index in [0.29, 0.717) is 17.5 Å². The van der Waals surface area contributed by atoms with Gasteiger partial charge in [-0.1, -0.05) is 57.6 Å². The zero-order chi connectivity index (χ0) is 21.4. The van der Waals surface area contributed by atoms with E-state index in [0.717, 1.165) is 29.1 Å². The lowest BCUT2D eigenvalue weighted by Crippen LogP contribution is -2.16. The number of carbonyl (C=O) groups is 2. The van der Waals surface area contributed by atoms with Crippen LogP contribution in [-0.2, 0) is 0 Å². The molecule has 4 rings (SSSR count). The average molecular weight is 422 g/mol. The van der Waals surface area contributed by atoms with E-state index in [2.05, 4.69) is 44.0 Å². The summed E-state index contributed by atoms with van der Waals surface area (Å²) in [4.78, 5) is 30.9. The van der Waals surface area contributed by atoms with Gasteiger partial charge >= 0.3 is 0 Å². The number of unbranched alkanes of at least 4 members (excludes halogenated alkanes) is 5. The van der Waals surface area contributed by atoms with Crippen molar-refractivity contribution < 1.29 is 9.59 Å². The van der Waals surface area contributed by atoms with Gasteiger partial charge in [0.05, 0.1) is 27.6 Å². The quantitative estimate of drug-likeness (QED) is 0.301. The zero-order valence-electron chi connectivity index (χ0n) is 18.5. The summed E-state index contributed by atoms with van der Waals surface area (Å²) >= 11 is 1.71. The van der Waals surface area contributed by atoms with E-state index < -0.39 is 5.92 Å². The van der Waals surface area contributed by atoms with Crippen LogP contribution in [0.1, 0.15) is 89.4 Å². The summed E-state index contributed by atoms with van der Waals surface area (Å²) in [6.45, 7) is 8.34. The molecule has 0 spiro atoms. The van der Waals surface area contributed by atoms with E-state index in [9.17, 15) is 9.59 Å². The predicted octanol–water partition coefficient (Wildman–Crippen LogP) is 7.57. The van der Waals surface area contributed by atoms with Crippen LogP contribution < -0.4 is 0 Å². The molecule has 158 valence electrons. The van der Waals surface area contributed by atoms with Crippen molar-refractivity contribution in [3.63, 3.8) is 0 Å². The summed E-state index contributed by atoms with van der Waals surface area (Å²) in [5.41, 5.74) is 5.37. The van der Waals surface area contributed by atoms with Crippen LogP contribution in [0.4, 0.5) is 0 Å². The Kier molecular flexibility index (Phi) is 5.97. The number of carbonyl (C=O) groups excluding carboxylic acids is 2. The molecule has 0 amide bonds. The van der Waals surface area contributed by atoms with Crippen LogP contribution in [0, 0.1) is 26.7 Å². The van der Waals surface area contributed by atoms with Gasteiger partial charge in [-0.05, 0) is 49.8 Å². The van der Waals surface area contributed by atoms with Crippen molar-refractivity contribution in [3.8, 4) is 10.6 Å². The molecule has 1 aliphatic carbocycles. The van der Waals surface area contributed by atoms with Gasteiger partial charge in [0.1, 0.15) is 0 Å². The molecule has 0 aliphatic heterocycles. The van der Waals surface area contributed by atoms with Crippen LogP contribution in [0.25, 0.3) is 20.7 Å². The van der Waals surface area contributed by atoms with E-state index in [1.54, 1.807) is 11.3 Å². The number of hydrogen-bond donors (Lipinski definition) is 1. The lowest BCUT2D eigenvalue weighted by molar-refractivity contribution is 0.0828. The van der Waals surface area contributed by atoms with Gasteiger partial charge in [0.15, 0.2) is 11.6 Å². The highest BCUT2D eigenvalue weighted by molar-refractivity contribution is 7.22. The second kappa shape index (κ2) is 8.50. The van der Waals surface area contributed by atoms with Gasteiger partial charge < -0.3 is 4.98 Å². The summed E-state index contributed by atoms with van der Waals surface area (Å²) in [5, 5.41) is 1.22. The Hall–Kier alpha value is -2.20. The summed E-state index contributed by atoms with van der Waals surface area (Å²) < 4.78 is 1.23. The monoisotopic (exact) mass is 421 g/mol. The normalized spacial score (nSPS) is 16.1. The number of aromatic nitrogens is 1. The minimum atomic E-state index is -0.481. The summed E-state index contributed by atoms with van der Waals surface area (Å²) in [6, 6.07) is 6.48. The maximum atomic E-state index is 13.3. The van der Waals surface area contributed by atoms with Crippen molar-refractivity contribution in [1.29, 1.82) is 0 Å². The van der Waals surface area contributed by atoms with Crippen LogP contribution in [0.15, 0.2) is 18.2 Å². The van der Waals surface area contributed by atoms with E-state index >= 15 is 0 Å². The molecule has 3 nitrogen and oxygen atoms in total. The SMILES string of the molecule is CCCCCCCCC1C(=O)c2c(C)[nH]c(-c3sc4cc(C)ccc4c3C)c2C1=O. The number of ketones is 2. The molecule has 4 heteroatoms. The molecule has 2 heterocycles. The fraction of sp³-hybridized carbons (Fsp3) is 0.462. The lowest BCUT2D eigenvalue weighted by atomic mass is 9.95. The van der Waals surface area contributed by atoms with Crippen LogP contribution in [0.2, 0.25) is 0 Å². The number of H-pyrrole nitrogens is 1. The first-order valence-electron chi connectivity index (χ1n) is 11.2. The predicted molar refractivity (Wildman–Crippen MR) is 126 cm³/mol. The second-order valence-corrected chi connectivity index (χ2v) is 9.82. The molecule has 1 N–H and O–H groups in total. The second-order valence-electron chi connectivity index (χ2n) is 8.77. The van der Waals surface area contributed by atoms with Crippen LogP contribution >= 0.6 is 11.3 Å². The Morgan fingerprint density at radius 3 is 2.40 bits per heavy atom. The highest BCUT2D eigenvalue weighted by atomic mass is 32.1. The van der Waals surface area contributed by atoms with Gasteiger partial charge in [-0.2, -0.15) is 0 Å². The maximum absolute atomic E-state index is 13.3. The Bertz CT molecular complexity index is 1120. The Balaban J connectivity index is 1.62. The minimum absolute atomic E-state index is 0.0240. The molecule has 0 saturated carbocycles. The molecule has 3 aromatic rings. The number of thiophene rings is 1. The third kappa shape index (κ3) is 3.56. The molecule has 30 heavy (non-hydrogen) atoms. The van der Waals surface area contributed by atoms with Crippen LogP contribution in [0.5, 0.6) is 0 Å². The largest absolute Gasteiger partial charge is 0.357 e. The van der Waals surface area contributed by atoms with Gasteiger partial charge in [-0.3, -0.25) is 9.59 Å². The van der Waals surface area contributed by atoms with E-state index in [4.69, 9.17) is 0 Å². The number of hydrogen-bond acceptors (Lipinski definition) is 3. The van der Waals surface area contributed by atoms with Crippen LogP contribution in [0.3, 0.4) is 0 Å². The molecule has 1 unspecified atom stereocenters. The highest BCUT2D eigenvalue weighted by Crippen LogP contribution is 2.44. The molecular formula is C26H31NO2S. The number of aryl methyl sites for hydroxylation is 3. The smallest absolute Gasteiger partial charge is 0.176 e. The average Bonchev–Trinajstić information content (AvgIpc) is 3.30. The molecule has 2 aromatic heterocycles. The molecule has 1 aromatic carbocycles. The number of fused-ring (bicyclic) bond motifs is 2. The van der Waals surface area contributed by atoms with Gasteiger partial charge in [0.25, 0.3) is 0 Å². The van der Waals surface area contributed by atoms with E-state index in [-0.39, 0.29) is 11.6 Å². The van der Waals surface area contributed by atoms with Crippen molar-refractivity contribution in [2.75, 3.05) is 0 Å². The number of aromatic amines is 1. The van der Waals surface area contributed by atoms with E-state index in [1.807, 2.05) is 6.92 Å². The first-order valence-corrected chi connectivity index (χ1v) is 12.1. The Morgan fingerprint density at radius 1 is 0.933 bits per heavy atom. The molecule has 0 bridgehead atoms. The number of benzene rings is 1. The van der Waals surface area contributed by atoms with Gasteiger partial charge in [-0.15, -0.1) is 11.3 Å². The fourth-order valence-corrected chi connectivity index (χ4v) is 6.09. The standard InChI is InChI=1S/C26H31NO2S/c1-5-6-7-8-9-10-11-19-24(28)21-17(4)27-23(22(21)25(19)29)26-16(3)18-13-12-15(2)14-20(18)30-26/h12-14,19,27H,5-11H2,1-4H3. The number of Topliss-reactive ketones (excluding diaryl/α,β-unsaturated/α-hetero) is 2. The number of rotatable bonds is 8. The molecule has 0 radical (unpaired) electrons. The summed E-state index contributed by atoms with van der Waals surface area (Å²) in [7, 11) is 0. The maximum Gasteiger partial charge on any atom is 0.176 e. The Labute approximate surface area is 182 Å². The third-order valence-electron chi connectivity index (χ3n) is 6.48. The summed E-state index contributed by atoms with van der Waals surface area (Å²) in [5.74, 6) is -0.431. The Morgan fingerprint density at radius 2 is 1.63 bits per heavy atom. The molecule has 1 atom stereocenters. The topological polar surface area (TPSA) is 49.9 Å². The zero-order valence-corrected chi connectivity index (χ0v) is 19.3. The van der Waals surface area contributed by atoms with Crippen molar-refractivity contribution in [2.24, 2.45) is 5.92 Å². The van der Waals surface area contributed by atoms with Gasteiger partial charge in [-0.25, -0.2) is 0 Å². The molecule has 1 aliphatic rings. The first kappa shape index (κ1) is 21.0. The molecule has 0 saturated heterocycles. The molecular weight excluding hydrogens is 390 g/mol. The van der Waals surface area contributed by atoms with Crippen molar-refractivity contribution in [2.45, 2.75) is 72.6 Å². The van der Waals surface area contributed by atoms with Gasteiger partial charge in [0.2, 0.25) is 0 Å². The third-order valence-corrected chi connectivity index (χ3v) is 7.75.